The van der Waals surface area contributed by atoms with Crippen LogP contribution in [0.4, 0.5) is 5.69 Å². The molecular weight excluding hydrogens is 274 g/mol. The molecule has 1 aliphatic rings. The molecule has 0 unspecified atom stereocenters. The van der Waals surface area contributed by atoms with E-state index in [1.165, 1.54) is 18.9 Å². The van der Waals surface area contributed by atoms with E-state index in [9.17, 15) is 20.0 Å². The van der Waals surface area contributed by atoms with Gasteiger partial charge in [-0.25, -0.2) is 0 Å². The number of rotatable bonds is 7. The molecule has 1 aliphatic carbocycles. The Morgan fingerprint density at radius 2 is 2.24 bits per heavy atom. The van der Waals surface area contributed by atoms with Crippen molar-refractivity contribution < 1.29 is 14.8 Å². The topological polar surface area (TPSA) is 95.7 Å². The molecule has 2 N–H and O–H groups in total. The van der Waals surface area contributed by atoms with Crippen LogP contribution in [0.25, 0.3) is 0 Å². The summed E-state index contributed by atoms with van der Waals surface area (Å²) in [7, 11) is 0. The predicted octanol–water partition coefficient (Wildman–Crippen LogP) is 1.51. The zero-order valence-corrected chi connectivity index (χ0v) is 11.9. The maximum absolute atomic E-state index is 12.0. The normalized spacial score (nSPS) is 14.2. The summed E-state index contributed by atoms with van der Waals surface area (Å²) in [6.45, 7) is 4.14. The van der Waals surface area contributed by atoms with E-state index in [1.54, 1.807) is 0 Å². The molecule has 0 atom stereocenters. The molecule has 0 heterocycles. The van der Waals surface area contributed by atoms with Crippen molar-refractivity contribution in [1.29, 1.82) is 0 Å². The monoisotopic (exact) mass is 293 g/mol. The lowest BCUT2D eigenvalue weighted by Gasteiger charge is -2.19. The third-order valence-electron chi connectivity index (χ3n) is 3.58. The fraction of sp³-hybridized carbons (Fsp3) is 0.500. The summed E-state index contributed by atoms with van der Waals surface area (Å²) < 4.78 is 0. The summed E-state index contributed by atoms with van der Waals surface area (Å²) >= 11 is 0. The first-order valence-corrected chi connectivity index (χ1v) is 7.02. The predicted molar refractivity (Wildman–Crippen MR) is 77.4 cm³/mol. The minimum atomic E-state index is -0.628. The summed E-state index contributed by atoms with van der Waals surface area (Å²) in [6.07, 6.45) is 2.39. The molecule has 0 bridgehead atoms. The highest BCUT2D eigenvalue weighted by atomic mass is 16.6. The molecule has 21 heavy (non-hydrogen) atoms. The third-order valence-corrected chi connectivity index (χ3v) is 3.58. The van der Waals surface area contributed by atoms with Crippen LogP contribution >= 0.6 is 0 Å². The molecule has 1 aromatic rings. The molecule has 114 valence electrons. The van der Waals surface area contributed by atoms with Crippen LogP contribution in [-0.4, -0.2) is 46.5 Å². The van der Waals surface area contributed by atoms with E-state index >= 15 is 0 Å². The van der Waals surface area contributed by atoms with Crippen LogP contribution in [0.5, 0.6) is 5.75 Å². The molecule has 2 rings (SSSR count). The van der Waals surface area contributed by atoms with Gasteiger partial charge < -0.3 is 10.4 Å². The molecule has 0 saturated heterocycles. The van der Waals surface area contributed by atoms with Crippen LogP contribution in [0.15, 0.2) is 18.2 Å². The van der Waals surface area contributed by atoms with Gasteiger partial charge >= 0.3 is 0 Å². The number of aromatic hydroxyl groups is 1. The van der Waals surface area contributed by atoms with Gasteiger partial charge in [-0.1, -0.05) is 6.92 Å². The second kappa shape index (κ2) is 6.53. The minimum absolute atomic E-state index is 0.116. The fourth-order valence-corrected chi connectivity index (χ4v) is 2.31. The molecule has 1 saturated carbocycles. The average molecular weight is 293 g/mol. The van der Waals surface area contributed by atoms with Crippen molar-refractivity contribution >= 4 is 11.6 Å². The van der Waals surface area contributed by atoms with Gasteiger partial charge in [-0.2, -0.15) is 0 Å². The number of nitrogens with zero attached hydrogens (tertiary/aromatic N) is 2. The van der Waals surface area contributed by atoms with Gasteiger partial charge in [-0.3, -0.25) is 19.8 Å². The zero-order chi connectivity index (χ0) is 15.4. The molecule has 7 heteroatoms. The lowest BCUT2D eigenvalue weighted by atomic mass is 10.1. The molecule has 0 spiro atoms. The summed E-state index contributed by atoms with van der Waals surface area (Å²) in [5.74, 6) is -0.705. The van der Waals surface area contributed by atoms with Gasteiger partial charge in [0.15, 0.2) is 0 Å². The van der Waals surface area contributed by atoms with Gasteiger partial charge in [0.05, 0.1) is 4.92 Å². The molecule has 1 amide bonds. The number of amides is 1. The first-order chi connectivity index (χ1) is 10.0. The number of benzene rings is 1. The Balaban J connectivity index is 1.96. The molecular formula is C14H19N3O4. The van der Waals surface area contributed by atoms with Crippen molar-refractivity contribution in [2.75, 3.05) is 19.6 Å². The third kappa shape index (κ3) is 3.91. The molecule has 0 aromatic heterocycles. The fourth-order valence-electron chi connectivity index (χ4n) is 2.31. The Hall–Kier alpha value is -2.15. The number of phenolic OH excluding ortho intramolecular Hbond substituents is 1. The molecule has 7 nitrogen and oxygen atoms in total. The summed E-state index contributed by atoms with van der Waals surface area (Å²) in [5, 5.41) is 23.0. The lowest BCUT2D eigenvalue weighted by molar-refractivity contribution is -0.385. The van der Waals surface area contributed by atoms with Crippen molar-refractivity contribution in [1.82, 2.24) is 10.2 Å². The number of carbonyl (C=O) groups is 1. The van der Waals surface area contributed by atoms with E-state index in [0.29, 0.717) is 12.6 Å². The first-order valence-electron chi connectivity index (χ1n) is 7.02. The molecule has 1 aromatic carbocycles. The van der Waals surface area contributed by atoms with Gasteiger partial charge in [0.2, 0.25) is 0 Å². The Morgan fingerprint density at radius 3 is 2.81 bits per heavy atom. The number of hydrogen-bond donors (Lipinski definition) is 2. The van der Waals surface area contributed by atoms with Gasteiger partial charge in [0.1, 0.15) is 11.3 Å². The lowest BCUT2D eigenvalue weighted by Crippen LogP contribution is -2.36. The van der Waals surface area contributed by atoms with Crippen molar-refractivity contribution in [3.8, 4) is 5.75 Å². The van der Waals surface area contributed by atoms with Crippen molar-refractivity contribution in [3.05, 3.63) is 33.9 Å². The zero-order valence-electron chi connectivity index (χ0n) is 11.9. The van der Waals surface area contributed by atoms with E-state index in [-0.39, 0.29) is 17.0 Å². The largest absolute Gasteiger partial charge is 0.508 e. The van der Waals surface area contributed by atoms with Crippen LogP contribution in [0, 0.1) is 10.1 Å². The highest BCUT2D eigenvalue weighted by Crippen LogP contribution is 2.26. The molecule has 0 aliphatic heterocycles. The minimum Gasteiger partial charge on any atom is -0.508 e. The Kier molecular flexibility index (Phi) is 4.74. The van der Waals surface area contributed by atoms with E-state index in [0.717, 1.165) is 25.2 Å². The highest BCUT2D eigenvalue weighted by Gasteiger charge is 2.27. The first kappa shape index (κ1) is 15.2. The van der Waals surface area contributed by atoms with E-state index in [2.05, 4.69) is 17.1 Å². The second-order valence-corrected chi connectivity index (χ2v) is 5.07. The Bertz CT molecular complexity index is 543. The maximum atomic E-state index is 12.0. The number of likely N-dealkylation sites (N-methyl/N-ethyl adjacent to an activating group) is 1. The van der Waals surface area contributed by atoms with E-state index < -0.39 is 10.8 Å². The smallest absolute Gasteiger partial charge is 0.282 e. The summed E-state index contributed by atoms with van der Waals surface area (Å²) in [6, 6.07) is 4.06. The average Bonchev–Trinajstić information content (AvgIpc) is 3.27. The number of phenols is 1. The number of hydrogen-bond acceptors (Lipinski definition) is 5. The van der Waals surface area contributed by atoms with Crippen LogP contribution in [0.1, 0.15) is 30.1 Å². The van der Waals surface area contributed by atoms with Gasteiger partial charge in [0.25, 0.3) is 11.6 Å². The van der Waals surface area contributed by atoms with E-state index in [4.69, 9.17) is 0 Å². The Labute approximate surface area is 122 Å². The Morgan fingerprint density at radius 1 is 1.52 bits per heavy atom. The van der Waals surface area contributed by atoms with Gasteiger partial charge in [-0.15, -0.1) is 0 Å². The number of nitro benzene ring substituents is 1. The quantitative estimate of drug-likeness (QED) is 0.587. The van der Waals surface area contributed by atoms with Crippen LogP contribution in [0.3, 0.4) is 0 Å². The highest BCUT2D eigenvalue weighted by molar-refractivity contribution is 5.98. The van der Waals surface area contributed by atoms with Crippen molar-refractivity contribution in [2.24, 2.45) is 0 Å². The van der Waals surface area contributed by atoms with Gasteiger partial charge in [-0.05, 0) is 31.5 Å². The standard InChI is InChI=1S/C14H19N3O4/c1-2-16(10-3-4-10)8-7-15-14(19)12-9-11(18)5-6-13(12)17(20)21/h5-6,9-10,18H,2-4,7-8H2,1H3,(H,15,19). The number of nitrogens with one attached hydrogen (secondary N) is 1. The van der Waals surface area contributed by atoms with Gasteiger partial charge in [0, 0.05) is 25.2 Å². The second-order valence-electron chi connectivity index (χ2n) is 5.07. The number of nitro groups is 1. The SMILES string of the molecule is CCN(CCNC(=O)c1cc(O)ccc1[N+](=O)[O-])C1CC1. The number of carbonyl (C=O) groups excluding carboxylic acids is 1. The maximum Gasteiger partial charge on any atom is 0.282 e. The van der Waals surface area contributed by atoms with Crippen molar-refractivity contribution in [2.45, 2.75) is 25.8 Å². The van der Waals surface area contributed by atoms with Crippen molar-refractivity contribution in [3.63, 3.8) is 0 Å². The van der Waals surface area contributed by atoms with Crippen LogP contribution < -0.4 is 5.32 Å². The summed E-state index contributed by atoms with van der Waals surface area (Å²) in [4.78, 5) is 24.6. The van der Waals surface area contributed by atoms with E-state index in [1.807, 2.05) is 0 Å². The van der Waals surface area contributed by atoms with Crippen LogP contribution in [-0.2, 0) is 0 Å². The summed E-state index contributed by atoms with van der Waals surface area (Å²) in [5.41, 5.74) is -0.422. The van der Waals surface area contributed by atoms with Crippen LogP contribution in [0.2, 0.25) is 0 Å². The molecule has 1 fully saturated rings. The molecule has 0 radical (unpaired) electrons.